The van der Waals surface area contributed by atoms with Crippen LogP contribution in [0.25, 0.3) is 0 Å². The quantitative estimate of drug-likeness (QED) is 0.884. The third kappa shape index (κ3) is 2.95. The minimum atomic E-state index is -4.49. The number of carbonyl (C=O) groups is 1. The summed E-state index contributed by atoms with van der Waals surface area (Å²) in [5.41, 5.74) is -1.11. The molecule has 106 valence electrons. The topological polar surface area (TPSA) is 55.1 Å². The molecule has 0 spiro atoms. The van der Waals surface area contributed by atoms with Crippen LogP contribution in [0.1, 0.15) is 21.5 Å². The Hall–Kier alpha value is -2.38. The number of benzene rings is 1. The van der Waals surface area contributed by atoms with Crippen LogP contribution in [0.5, 0.6) is 0 Å². The molecule has 20 heavy (non-hydrogen) atoms. The SMILES string of the molecule is O=C(O)c1cc(Cn2cc(C(F)(F)F)cn2)ccc1F. The number of rotatable bonds is 3. The lowest BCUT2D eigenvalue weighted by molar-refractivity contribution is -0.137. The molecule has 0 unspecified atom stereocenters. The summed E-state index contributed by atoms with van der Waals surface area (Å²) in [6, 6.07) is 3.30. The molecule has 1 aromatic heterocycles. The van der Waals surface area contributed by atoms with Gasteiger partial charge in [0, 0.05) is 6.20 Å². The van der Waals surface area contributed by atoms with E-state index in [-0.39, 0.29) is 6.54 Å². The summed E-state index contributed by atoms with van der Waals surface area (Å²) in [4.78, 5) is 10.8. The minimum Gasteiger partial charge on any atom is -0.478 e. The fourth-order valence-electron chi connectivity index (χ4n) is 1.62. The largest absolute Gasteiger partial charge is 0.478 e. The Balaban J connectivity index is 2.24. The fraction of sp³-hybridized carbons (Fsp3) is 0.167. The fourth-order valence-corrected chi connectivity index (χ4v) is 1.62. The molecule has 0 aliphatic carbocycles. The smallest absolute Gasteiger partial charge is 0.419 e. The van der Waals surface area contributed by atoms with Gasteiger partial charge in [0.05, 0.1) is 23.9 Å². The average molecular weight is 288 g/mol. The van der Waals surface area contributed by atoms with Gasteiger partial charge in [0.2, 0.25) is 0 Å². The van der Waals surface area contributed by atoms with Gasteiger partial charge in [-0.15, -0.1) is 0 Å². The average Bonchev–Trinajstić information content (AvgIpc) is 2.79. The second-order valence-electron chi connectivity index (χ2n) is 4.04. The zero-order chi connectivity index (χ0) is 14.9. The van der Waals surface area contributed by atoms with Crippen LogP contribution in [0.4, 0.5) is 17.6 Å². The van der Waals surface area contributed by atoms with Gasteiger partial charge in [-0.1, -0.05) is 6.07 Å². The van der Waals surface area contributed by atoms with Gasteiger partial charge in [0.25, 0.3) is 0 Å². The first-order valence-corrected chi connectivity index (χ1v) is 5.39. The van der Waals surface area contributed by atoms with E-state index in [1.807, 2.05) is 0 Å². The van der Waals surface area contributed by atoms with Crippen molar-refractivity contribution < 1.29 is 27.5 Å². The highest BCUT2D eigenvalue weighted by Crippen LogP contribution is 2.28. The first kappa shape index (κ1) is 14.0. The van der Waals surface area contributed by atoms with Crippen molar-refractivity contribution in [2.75, 3.05) is 0 Å². The Kier molecular flexibility index (Phi) is 3.47. The van der Waals surface area contributed by atoms with E-state index < -0.39 is 29.1 Å². The van der Waals surface area contributed by atoms with Crippen molar-refractivity contribution in [3.8, 4) is 0 Å². The lowest BCUT2D eigenvalue weighted by atomic mass is 10.1. The molecule has 2 rings (SSSR count). The maximum atomic E-state index is 13.2. The van der Waals surface area contributed by atoms with E-state index in [4.69, 9.17) is 5.11 Å². The van der Waals surface area contributed by atoms with Crippen molar-refractivity contribution in [2.45, 2.75) is 12.7 Å². The Labute approximate surface area is 110 Å². The van der Waals surface area contributed by atoms with Gasteiger partial charge >= 0.3 is 12.1 Å². The summed E-state index contributed by atoms with van der Waals surface area (Å²) in [5, 5.41) is 12.3. The minimum absolute atomic E-state index is 0.0867. The lowest BCUT2D eigenvalue weighted by Gasteiger charge is -2.05. The summed E-state index contributed by atoms with van der Waals surface area (Å²) < 4.78 is 51.3. The van der Waals surface area contributed by atoms with E-state index in [1.165, 1.54) is 6.07 Å². The highest BCUT2D eigenvalue weighted by atomic mass is 19.4. The zero-order valence-electron chi connectivity index (χ0n) is 9.86. The van der Waals surface area contributed by atoms with Crippen LogP contribution in [-0.2, 0) is 12.7 Å². The number of nitrogens with zero attached hydrogens (tertiary/aromatic N) is 2. The molecule has 1 N–H and O–H groups in total. The highest BCUT2D eigenvalue weighted by molar-refractivity contribution is 5.88. The number of hydrogen-bond acceptors (Lipinski definition) is 2. The van der Waals surface area contributed by atoms with Gasteiger partial charge < -0.3 is 5.11 Å². The lowest BCUT2D eigenvalue weighted by Crippen LogP contribution is -2.06. The molecule has 0 atom stereocenters. The molecule has 1 heterocycles. The second kappa shape index (κ2) is 4.95. The summed E-state index contributed by atoms with van der Waals surface area (Å²) in [6.07, 6.45) is -3.03. The molecule has 0 fully saturated rings. The van der Waals surface area contributed by atoms with Crippen molar-refractivity contribution in [1.29, 1.82) is 0 Å². The number of halogens is 4. The van der Waals surface area contributed by atoms with E-state index in [1.54, 1.807) is 0 Å². The molecule has 0 radical (unpaired) electrons. The van der Waals surface area contributed by atoms with Crippen LogP contribution < -0.4 is 0 Å². The molecule has 0 amide bonds. The van der Waals surface area contributed by atoms with Gasteiger partial charge in [0.15, 0.2) is 0 Å². The van der Waals surface area contributed by atoms with E-state index in [9.17, 15) is 22.4 Å². The van der Waals surface area contributed by atoms with Gasteiger partial charge in [-0.05, 0) is 17.7 Å². The third-order valence-electron chi connectivity index (χ3n) is 2.57. The molecule has 8 heteroatoms. The molecule has 4 nitrogen and oxygen atoms in total. The predicted octanol–water partition coefficient (Wildman–Crippen LogP) is 2.79. The third-order valence-corrected chi connectivity index (χ3v) is 2.57. The number of carboxylic acid groups (broad SMARTS) is 1. The van der Waals surface area contributed by atoms with Crippen LogP contribution >= 0.6 is 0 Å². The van der Waals surface area contributed by atoms with Crippen LogP contribution in [0, 0.1) is 5.82 Å². The maximum Gasteiger partial charge on any atom is 0.419 e. The second-order valence-corrected chi connectivity index (χ2v) is 4.04. The van der Waals surface area contributed by atoms with Crippen molar-refractivity contribution in [2.24, 2.45) is 0 Å². The first-order chi connectivity index (χ1) is 9.27. The van der Waals surface area contributed by atoms with Gasteiger partial charge in [-0.3, -0.25) is 4.68 Å². The van der Waals surface area contributed by atoms with Gasteiger partial charge in [-0.25, -0.2) is 9.18 Å². The monoisotopic (exact) mass is 288 g/mol. The van der Waals surface area contributed by atoms with Gasteiger partial charge in [-0.2, -0.15) is 18.3 Å². The molecule has 0 aliphatic rings. The van der Waals surface area contributed by atoms with Crippen LogP contribution in [0.15, 0.2) is 30.6 Å². The Morgan fingerprint density at radius 3 is 2.60 bits per heavy atom. The van der Waals surface area contributed by atoms with Crippen molar-refractivity contribution in [3.05, 3.63) is 53.1 Å². The summed E-state index contributed by atoms with van der Waals surface area (Å²) in [5.74, 6) is -2.35. The number of aromatic carboxylic acids is 1. The number of carboxylic acids is 1. The number of hydrogen-bond donors (Lipinski definition) is 1. The summed E-state index contributed by atoms with van der Waals surface area (Å²) in [6.45, 7) is -0.0867. The number of aromatic nitrogens is 2. The molecule has 0 saturated carbocycles. The predicted molar refractivity (Wildman–Crippen MR) is 59.7 cm³/mol. The standard InChI is InChI=1S/C12H8F4N2O2/c13-10-2-1-7(3-9(10)11(19)20)5-18-6-8(4-17-18)12(14,15)16/h1-4,6H,5H2,(H,19,20). The summed E-state index contributed by atoms with van der Waals surface area (Å²) in [7, 11) is 0. The van der Waals surface area contributed by atoms with Crippen molar-refractivity contribution in [1.82, 2.24) is 9.78 Å². The Morgan fingerprint density at radius 2 is 2.05 bits per heavy atom. The zero-order valence-corrected chi connectivity index (χ0v) is 9.86. The van der Waals surface area contributed by atoms with E-state index in [2.05, 4.69) is 5.10 Å². The molecule has 0 bridgehead atoms. The molecule has 1 aromatic carbocycles. The molecule has 2 aromatic rings. The van der Waals surface area contributed by atoms with Crippen LogP contribution in [0.3, 0.4) is 0 Å². The maximum absolute atomic E-state index is 13.2. The molecular weight excluding hydrogens is 280 g/mol. The summed E-state index contributed by atoms with van der Waals surface area (Å²) >= 11 is 0. The highest BCUT2D eigenvalue weighted by Gasteiger charge is 2.32. The van der Waals surface area contributed by atoms with Crippen molar-refractivity contribution in [3.63, 3.8) is 0 Å². The molecule has 0 saturated heterocycles. The van der Waals surface area contributed by atoms with Crippen LogP contribution in [-0.4, -0.2) is 20.9 Å². The van der Waals surface area contributed by atoms with Gasteiger partial charge in [0.1, 0.15) is 5.82 Å². The molecule has 0 aliphatic heterocycles. The van der Waals surface area contributed by atoms with E-state index in [0.717, 1.165) is 23.0 Å². The number of alkyl halides is 3. The Bertz CT molecular complexity index is 649. The normalized spacial score (nSPS) is 11.6. The molecular formula is C12H8F4N2O2. The van der Waals surface area contributed by atoms with Crippen LogP contribution in [0.2, 0.25) is 0 Å². The first-order valence-electron chi connectivity index (χ1n) is 5.39. The Morgan fingerprint density at radius 1 is 1.35 bits per heavy atom. The van der Waals surface area contributed by atoms with E-state index in [0.29, 0.717) is 11.8 Å². The van der Waals surface area contributed by atoms with E-state index >= 15 is 0 Å². The van der Waals surface area contributed by atoms with Crippen molar-refractivity contribution >= 4 is 5.97 Å².